The summed E-state index contributed by atoms with van der Waals surface area (Å²) in [6.45, 7) is 1.16. The van der Waals surface area contributed by atoms with E-state index >= 15 is 0 Å². The van der Waals surface area contributed by atoms with E-state index in [1.807, 2.05) is 4.90 Å². The summed E-state index contributed by atoms with van der Waals surface area (Å²) in [5.74, 6) is 1.26. The van der Waals surface area contributed by atoms with E-state index in [0.717, 1.165) is 19.4 Å². The van der Waals surface area contributed by atoms with Crippen molar-refractivity contribution in [3.05, 3.63) is 52.5 Å². The van der Waals surface area contributed by atoms with Crippen molar-refractivity contribution in [1.82, 2.24) is 15.0 Å². The molecule has 0 unspecified atom stereocenters. The third kappa shape index (κ3) is 4.16. The third-order valence-corrected chi connectivity index (χ3v) is 4.78. The molecule has 1 atom stereocenters. The van der Waals surface area contributed by atoms with Gasteiger partial charge in [-0.15, -0.1) is 0 Å². The highest BCUT2D eigenvalue weighted by atomic mass is 35.5. The topological polar surface area (TPSA) is 84.4 Å². The molecule has 1 saturated heterocycles. The zero-order chi connectivity index (χ0) is 18.8. The number of hydrogen-bond donors (Lipinski definition) is 1. The quantitative estimate of drug-likeness (QED) is 0.681. The molecule has 0 saturated carbocycles. The molecule has 27 heavy (non-hydrogen) atoms. The van der Waals surface area contributed by atoms with E-state index in [1.54, 1.807) is 36.6 Å². The van der Waals surface area contributed by atoms with Gasteiger partial charge in [-0.3, -0.25) is 9.69 Å². The van der Waals surface area contributed by atoms with Crippen LogP contribution in [0.4, 0.5) is 5.69 Å². The average molecular weight is 407 g/mol. The van der Waals surface area contributed by atoms with E-state index in [4.69, 9.17) is 32.1 Å². The van der Waals surface area contributed by atoms with Gasteiger partial charge < -0.3 is 14.3 Å². The lowest BCUT2D eigenvalue weighted by atomic mass is 10.2. The Bertz CT molecular complexity index is 922. The lowest BCUT2D eigenvalue weighted by molar-refractivity contribution is -0.120. The van der Waals surface area contributed by atoms with Crippen LogP contribution in [-0.4, -0.2) is 33.5 Å². The predicted octanol–water partition coefficient (Wildman–Crippen LogP) is 4.24. The van der Waals surface area contributed by atoms with Gasteiger partial charge in [-0.05, 0) is 49.7 Å². The van der Waals surface area contributed by atoms with Crippen molar-refractivity contribution in [3.63, 3.8) is 0 Å². The highest BCUT2D eigenvalue weighted by Crippen LogP contribution is 2.25. The minimum Gasteiger partial charge on any atom is -0.461 e. The second kappa shape index (κ2) is 7.72. The summed E-state index contributed by atoms with van der Waals surface area (Å²) < 4.78 is 10.6. The van der Waals surface area contributed by atoms with Gasteiger partial charge >= 0.3 is 0 Å². The number of carbonyl (C=O) groups excluding carboxylic acids is 1. The number of nitrogens with zero attached hydrogens (tertiary/aromatic N) is 3. The van der Waals surface area contributed by atoms with Gasteiger partial charge in [-0.1, -0.05) is 28.4 Å². The number of likely N-dealkylation sites (tertiary alicyclic amines) is 1. The first kappa shape index (κ1) is 18.0. The summed E-state index contributed by atoms with van der Waals surface area (Å²) >= 11 is 12.0. The Kier molecular flexibility index (Phi) is 5.15. The number of furan rings is 1. The second-order valence-electron chi connectivity index (χ2n) is 6.26. The maximum atomic E-state index is 12.7. The molecule has 1 aromatic carbocycles. The van der Waals surface area contributed by atoms with E-state index in [-0.39, 0.29) is 11.9 Å². The van der Waals surface area contributed by atoms with Crippen molar-refractivity contribution >= 4 is 34.8 Å². The summed E-state index contributed by atoms with van der Waals surface area (Å²) in [5, 5.41) is 7.74. The van der Waals surface area contributed by atoms with Gasteiger partial charge in [0.2, 0.25) is 17.6 Å². The van der Waals surface area contributed by atoms with Gasteiger partial charge in [0.1, 0.15) is 0 Å². The molecule has 9 heteroatoms. The van der Waals surface area contributed by atoms with Crippen LogP contribution in [0.15, 0.2) is 45.5 Å². The van der Waals surface area contributed by atoms with Crippen LogP contribution >= 0.6 is 23.2 Å². The molecule has 0 aliphatic carbocycles. The fourth-order valence-corrected chi connectivity index (χ4v) is 3.69. The number of amides is 1. The van der Waals surface area contributed by atoms with Gasteiger partial charge in [0.05, 0.1) is 18.8 Å². The fraction of sp³-hybridized carbons (Fsp3) is 0.278. The number of hydrogen-bond acceptors (Lipinski definition) is 6. The molecule has 1 fully saturated rings. The second-order valence-corrected chi connectivity index (χ2v) is 7.14. The average Bonchev–Trinajstić information content (AvgIpc) is 3.35. The molecule has 0 radical (unpaired) electrons. The molecule has 3 heterocycles. The molecule has 1 N–H and O–H groups in total. The molecular weight excluding hydrogens is 391 g/mol. The molecule has 2 aromatic heterocycles. The summed E-state index contributed by atoms with van der Waals surface area (Å²) in [6.07, 6.45) is 3.21. The van der Waals surface area contributed by atoms with Crippen LogP contribution in [0.3, 0.4) is 0 Å². The van der Waals surface area contributed by atoms with Crippen LogP contribution in [0.1, 0.15) is 18.7 Å². The maximum Gasteiger partial charge on any atom is 0.241 e. The Morgan fingerprint density at radius 2 is 2.11 bits per heavy atom. The van der Waals surface area contributed by atoms with Crippen LogP contribution < -0.4 is 5.32 Å². The van der Waals surface area contributed by atoms with Crippen molar-refractivity contribution in [2.24, 2.45) is 0 Å². The summed E-state index contributed by atoms with van der Waals surface area (Å²) in [6, 6.07) is 8.18. The molecule has 1 aliphatic heterocycles. The Morgan fingerprint density at radius 1 is 1.30 bits per heavy atom. The van der Waals surface area contributed by atoms with Crippen LogP contribution in [0.2, 0.25) is 10.0 Å². The van der Waals surface area contributed by atoms with Crippen molar-refractivity contribution in [2.75, 3.05) is 11.9 Å². The lowest BCUT2D eigenvalue weighted by Crippen LogP contribution is -2.39. The molecule has 1 aliphatic rings. The van der Waals surface area contributed by atoms with Gasteiger partial charge in [0.15, 0.2) is 5.76 Å². The molecular formula is C18H16Cl2N4O3. The van der Waals surface area contributed by atoms with Gasteiger partial charge in [0.25, 0.3) is 0 Å². The molecule has 7 nitrogen and oxygen atoms in total. The van der Waals surface area contributed by atoms with E-state index in [1.165, 1.54) is 0 Å². The molecule has 0 bridgehead atoms. The maximum absolute atomic E-state index is 12.7. The van der Waals surface area contributed by atoms with Crippen LogP contribution in [0.5, 0.6) is 0 Å². The van der Waals surface area contributed by atoms with Crippen LogP contribution in [0, 0.1) is 0 Å². The standard InChI is InChI=1S/C18H16Cl2N4O3/c19-11-7-12(20)9-13(8-11)21-18(25)14-3-1-5-24(14)10-16-22-17(23-27-16)15-4-2-6-26-15/h2,4,6-9,14H,1,3,5,10H2,(H,21,25)/t14-/m1/s1. The SMILES string of the molecule is O=C(Nc1cc(Cl)cc(Cl)c1)[C@H]1CCCN1Cc1nc(-c2ccco2)no1. The highest BCUT2D eigenvalue weighted by molar-refractivity contribution is 6.35. The minimum absolute atomic E-state index is 0.114. The lowest BCUT2D eigenvalue weighted by Gasteiger charge is -2.22. The van der Waals surface area contributed by atoms with E-state index < -0.39 is 0 Å². The van der Waals surface area contributed by atoms with E-state index in [9.17, 15) is 4.79 Å². The Morgan fingerprint density at radius 3 is 2.85 bits per heavy atom. The Labute approximate surface area is 165 Å². The normalized spacial score (nSPS) is 17.3. The monoisotopic (exact) mass is 406 g/mol. The van der Waals surface area contributed by atoms with Crippen molar-refractivity contribution < 1.29 is 13.7 Å². The summed E-state index contributed by atoms with van der Waals surface area (Å²) in [7, 11) is 0. The first-order valence-electron chi connectivity index (χ1n) is 8.46. The molecule has 1 amide bonds. The number of nitrogens with one attached hydrogen (secondary N) is 1. The third-order valence-electron chi connectivity index (χ3n) is 4.34. The Balaban J connectivity index is 1.43. The van der Waals surface area contributed by atoms with Crippen LogP contribution in [0.25, 0.3) is 11.6 Å². The highest BCUT2D eigenvalue weighted by Gasteiger charge is 2.32. The van der Waals surface area contributed by atoms with Crippen molar-refractivity contribution in [3.8, 4) is 11.6 Å². The molecule has 4 rings (SSSR count). The fourth-order valence-electron chi connectivity index (χ4n) is 3.16. The van der Waals surface area contributed by atoms with Gasteiger partial charge in [-0.2, -0.15) is 4.98 Å². The number of carbonyl (C=O) groups is 1. The first-order valence-corrected chi connectivity index (χ1v) is 9.21. The number of benzene rings is 1. The summed E-state index contributed by atoms with van der Waals surface area (Å²) in [5.41, 5.74) is 0.572. The smallest absolute Gasteiger partial charge is 0.241 e. The zero-order valence-corrected chi connectivity index (χ0v) is 15.7. The predicted molar refractivity (Wildman–Crippen MR) is 101 cm³/mol. The van der Waals surface area contributed by atoms with Crippen molar-refractivity contribution in [2.45, 2.75) is 25.4 Å². The molecule has 140 valence electrons. The number of rotatable bonds is 5. The molecule has 0 spiro atoms. The minimum atomic E-state index is -0.290. The van der Waals surface area contributed by atoms with E-state index in [2.05, 4.69) is 15.5 Å². The molecule has 3 aromatic rings. The van der Waals surface area contributed by atoms with Crippen LogP contribution in [-0.2, 0) is 11.3 Å². The van der Waals surface area contributed by atoms with E-state index in [0.29, 0.717) is 39.8 Å². The Hall–Kier alpha value is -2.35. The number of anilines is 1. The first-order chi connectivity index (χ1) is 13.1. The van der Waals surface area contributed by atoms with Crippen molar-refractivity contribution in [1.29, 1.82) is 0 Å². The number of aromatic nitrogens is 2. The van der Waals surface area contributed by atoms with Gasteiger partial charge in [0, 0.05) is 15.7 Å². The largest absolute Gasteiger partial charge is 0.461 e. The summed E-state index contributed by atoms with van der Waals surface area (Å²) in [4.78, 5) is 19.1. The van der Waals surface area contributed by atoms with Gasteiger partial charge in [-0.25, -0.2) is 0 Å². The zero-order valence-electron chi connectivity index (χ0n) is 14.2. The number of halogens is 2.